The molecular formula is C26H38N4O6. The van der Waals surface area contributed by atoms with Crippen LogP contribution in [0.2, 0.25) is 0 Å². The number of rotatable bonds is 9. The van der Waals surface area contributed by atoms with E-state index >= 15 is 0 Å². The van der Waals surface area contributed by atoms with Crippen LogP contribution in [0.1, 0.15) is 51.7 Å². The highest BCUT2D eigenvalue weighted by atomic mass is 16.5. The molecule has 1 fully saturated rings. The zero-order chi connectivity index (χ0) is 26.4. The summed E-state index contributed by atoms with van der Waals surface area (Å²) in [5.41, 5.74) is 2.26. The summed E-state index contributed by atoms with van der Waals surface area (Å²) in [4.78, 5) is 51.7. The molecule has 2 aliphatic rings. The van der Waals surface area contributed by atoms with Gasteiger partial charge in [-0.05, 0) is 62.5 Å². The Morgan fingerprint density at radius 1 is 1.03 bits per heavy atom. The number of likely N-dealkylation sites (tertiary alicyclic amines) is 1. The molecule has 4 N–H and O–H groups in total. The van der Waals surface area contributed by atoms with Crippen molar-refractivity contribution in [1.82, 2.24) is 20.9 Å². The maximum atomic E-state index is 13.6. The first kappa shape index (κ1) is 27.3. The molecule has 1 aromatic rings. The average molecular weight is 503 g/mol. The molecule has 3 rings (SSSR count). The van der Waals surface area contributed by atoms with Crippen molar-refractivity contribution in [1.29, 1.82) is 0 Å². The molecule has 0 bridgehead atoms. The van der Waals surface area contributed by atoms with Crippen molar-refractivity contribution in [3.8, 4) is 0 Å². The van der Waals surface area contributed by atoms with E-state index in [1.54, 1.807) is 0 Å². The standard InChI is InChI=1S/C26H38N4O6/c1-15(2)20(14-36-26(35)27-16(3)4)28-25(34)29-22(19-12-17-8-5-6-9-18(17)13-19)23(31)30-11-7-10-21(30)24(32)33/h5-6,8-9,15-16,19-22H,7,10-14H2,1-4H3,(H,27,35)(H,32,33)(H2,28,29,34)/t20-,21+,22+/m1/s1. The molecule has 0 saturated carbocycles. The third-order valence-electron chi connectivity index (χ3n) is 6.85. The first-order chi connectivity index (χ1) is 17.1. The summed E-state index contributed by atoms with van der Waals surface area (Å²) < 4.78 is 5.26. The molecule has 1 aromatic carbocycles. The Balaban J connectivity index is 1.72. The van der Waals surface area contributed by atoms with E-state index < -0.39 is 36.2 Å². The van der Waals surface area contributed by atoms with Gasteiger partial charge in [-0.25, -0.2) is 14.4 Å². The number of carboxylic acids is 1. The zero-order valence-electron chi connectivity index (χ0n) is 21.5. The number of fused-ring (bicyclic) bond motifs is 1. The van der Waals surface area contributed by atoms with Crippen molar-refractivity contribution < 1.29 is 29.0 Å². The maximum absolute atomic E-state index is 13.6. The third kappa shape index (κ3) is 6.89. The second-order valence-electron chi connectivity index (χ2n) is 10.3. The summed E-state index contributed by atoms with van der Waals surface area (Å²) in [6, 6.07) is 5.06. The Morgan fingerprint density at radius 2 is 1.67 bits per heavy atom. The molecule has 36 heavy (non-hydrogen) atoms. The van der Waals surface area contributed by atoms with E-state index in [1.807, 2.05) is 52.0 Å². The first-order valence-corrected chi connectivity index (χ1v) is 12.7. The number of benzene rings is 1. The van der Waals surface area contributed by atoms with Gasteiger partial charge in [0.1, 0.15) is 18.7 Å². The van der Waals surface area contributed by atoms with Gasteiger partial charge in [-0.15, -0.1) is 0 Å². The predicted molar refractivity (Wildman–Crippen MR) is 133 cm³/mol. The highest BCUT2D eigenvalue weighted by Gasteiger charge is 2.42. The predicted octanol–water partition coefficient (Wildman–Crippen LogP) is 2.30. The number of nitrogens with one attached hydrogen (secondary N) is 3. The van der Waals surface area contributed by atoms with Crippen molar-refractivity contribution in [3.63, 3.8) is 0 Å². The Bertz CT molecular complexity index is 941. The van der Waals surface area contributed by atoms with Crippen LogP contribution in [0, 0.1) is 11.8 Å². The van der Waals surface area contributed by atoms with Crippen molar-refractivity contribution in [2.75, 3.05) is 13.2 Å². The van der Waals surface area contributed by atoms with Crippen LogP contribution in [-0.2, 0) is 27.2 Å². The van der Waals surface area contributed by atoms with Gasteiger partial charge in [0.2, 0.25) is 5.91 Å². The average Bonchev–Trinajstić information content (AvgIpc) is 3.46. The molecular weight excluding hydrogens is 464 g/mol. The molecule has 198 valence electrons. The molecule has 0 spiro atoms. The smallest absolute Gasteiger partial charge is 0.407 e. The number of aliphatic carboxylic acids is 1. The topological polar surface area (TPSA) is 137 Å². The van der Waals surface area contributed by atoms with Gasteiger partial charge in [0.15, 0.2) is 0 Å². The van der Waals surface area contributed by atoms with E-state index in [0.717, 1.165) is 11.1 Å². The van der Waals surface area contributed by atoms with Gasteiger partial charge in [0.05, 0.1) is 6.04 Å². The van der Waals surface area contributed by atoms with Gasteiger partial charge in [-0.1, -0.05) is 38.1 Å². The molecule has 1 heterocycles. The molecule has 10 nitrogen and oxygen atoms in total. The number of carbonyl (C=O) groups excluding carboxylic acids is 3. The summed E-state index contributed by atoms with van der Waals surface area (Å²) in [5, 5.41) is 17.9. The summed E-state index contributed by atoms with van der Waals surface area (Å²) in [5.74, 6) is -1.64. The SMILES string of the molecule is CC(C)NC(=O)OC[C@@H](NC(=O)N[C@H](C(=O)N1CCC[C@H]1C(=O)O)C1Cc2ccccc2C1)C(C)C. The molecule has 4 amide bonds. The lowest BCUT2D eigenvalue weighted by atomic mass is 9.95. The number of amides is 4. The minimum atomic E-state index is -1.03. The molecule has 1 saturated heterocycles. The number of nitrogens with zero attached hydrogens (tertiary/aromatic N) is 1. The summed E-state index contributed by atoms with van der Waals surface area (Å²) in [7, 11) is 0. The van der Waals surface area contributed by atoms with Gasteiger partial charge in [-0.2, -0.15) is 0 Å². The van der Waals surface area contributed by atoms with Crippen LogP contribution in [0.5, 0.6) is 0 Å². The molecule has 0 aromatic heterocycles. The van der Waals surface area contributed by atoms with Crippen LogP contribution in [0.25, 0.3) is 0 Å². The Labute approximate surface area is 212 Å². The molecule has 0 unspecified atom stereocenters. The summed E-state index contributed by atoms with van der Waals surface area (Å²) >= 11 is 0. The number of alkyl carbamates (subject to hydrolysis) is 1. The lowest BCUT2D eigenvalue weighted by molar-refractivity contribution is -0.149. The van der Waals surface area contributed by atoms with Crippen LogP contribution in [-0.4, -0.2) is 71.3 Å². The highest BCUT2D eigenvalue weighted by molar-refractivity contribution is 5.91. The van der Waals surface area contributed by atoms with E-state index in [4.69, 9.17) is 4.74 Å². The highest BCUT2D eigenvalue weighted by Crippen LogP contribution is 2.31. The van der Waals surface area contributed by atoms with Gasteiger partial charge in [0, 0.05) is 12.6 Å². The Hall–Kier alpha value is -3.30. The van der Waals surface area contributed by atoms with Gasteiger partial charge < -0.3 is 30.7 Å². The van der Waals surface area contributed by atoms with Crippen molar-refractivity contribution in [2.45, 2.75) is 77.5 Å². The van der Waals surface area contributed by atoms with Gasteiger partial charge in [0.25, 0.3) is 0 Å². The normalized spacial score (nSPS) is 19.1. The third-order valence-corrected chi connectivity index (χ3v) is 6.85. The molecule has 10 heteroatoms. The van der Waals surface area contributed by atoms with Crippen molar-refractivity contribution in [3.05, 3.63) is 35.4 Å². The van der Waals surface area contributed by atoms with E-state index in [9.17, 15) is 24.3 Å². The number of carbonyl (C=O) groups is 4. The molecule has 3 atom stereocenters. The molecule has 1 aliphatic carbocycles. The fourth-order valence-electron chi connectivity index (χ4n) is 4.87. The van der Waals surface area contributed by atoms with E-state index in [1.165, 1.54) is 4.90 Å². The number of hydrogen-bond donors (Lipinski definition) is 4. The molecule has 1 aliphatic heterocycles. The maximum Gasteiger partial charge on any atom is 0.407 e. The Kier molecular flexibility index (Phi) is 9.17. The number of urea groups is 1. The van der Waals surface area contributed by atoms with Crippen LogP contribution >= 0.6 is 0 Å². The van der Waals surface area contributed by atoms with Crippen molar-refractivity contribution >= 4 is 24.0 Å². The van der Waals surface area contributed by atoms with Crippen LogP contribution < -0.4 is 16.0 Å². The Morgan fingerprint density at radius 3 is 2.22 bits per heavy atom. The largest absolute Gasteiger partial charge is 0.480 e. The second kappa shape index (κ2) is 12.1. The van der Waals surface area contributed by atoms with Crippen LogP contribution in [0.3, 0.4) is 0 Å². The monoisotopic (exact) mass is 502 g/mol. The summed E-state index contributed by atoms with van der Waals surface area (Å²) in [6.07, 6.45) is 1.67. The lowest BCUT2D eigenvalue weighted by Crippen LogP contribution is -2.58. The quantitative estimate of drug-likeness (QED) is 0.409. The van der Waals surface area contributed by atoms with E-state index in [-0.39, 0.29) is 30.4 Å². The second-order valence-corrected chi connectivity index (χ2v) is 10.3. The number of carboxylic acid groups (broad SMARTS) is 1. The van der Waals surface area contributed by atoms with E-state index in [0.29, 0.717) is 32.2 Å². The van der Waals surface area contributed by atoms with Crippen LogP contribution in [0.15, 0.2) is 24.3 Å². The zero-order valence-corrected chi connectivity index (χ0v) is 21.5. The first-order valence-electron chi connectivity index (χ1n) is 12.7. The minimum Gasteiger partial charge on any atom is -0.480 e. The van der Waals surface area contributed by atoms with Gasteiger partial charge in [-0.3, -0.25) is 4.79 Å². The minimum absolute atomic E-state index is 0.0235. The van der Waals surface area contributed by atoms with Crippen molar-refractivity contribution in [2.24, 2.45) is 11.8 Å². The van der Waals surface area contributed by atoms with E-state index in [2.05, 4.69) is 16.0 Å². The summed E-state index contributed by atoms with van der Waals surface area (Å²) in [6.45, 7) is 7.76. The number of ether oxygens (including phenoxy) is 1. The lowest BCUT2D eigenvalue weighted by Gasteiger charge is -2.31. The van der Waals surface area contributed by atoms with Crippen LogP contribution in [0.4, 0.5) is 9.59 Å². The number of hydrogen-bond acceptors (Lipinski definition) is 5. The van der Waals surface area contributed by atoms with Gasteiger partial charge >= 0.3 is 18.1 Å². The fraction of sp³-hybridized carbons (Fsp3) is 0.615. The fourth-order valence-corrected chi connectivity index (χ4v) is 4.87. The molecule has 0 radical (unpaired) electrons.